The Labute approximate surface area is 150 Å². The van der Waals surface area contributed by atoms with Gasteiger partial charge in [0.05, 0.1) is 0 Å². The molecule has 2 aliphatic heterocycles. The summed E-state index contributed by atoms with van der Waals surface area (Å²) in [5.41, 5.74) is -1.40. The molecule has 0 aromatic carbocycles. The van der Waals surface area contributed by atoms with E-state index in [1.54, 1.807) is 4.90 Å². The maximum absolute atomic E-state index is 12.8. The number of carbonyl (C=O) groups excluding carboxylic acids is 2. The third kappa shape index (κ3) is 3.32. The molecular weight excluding hydrogens is 336 g/mol. The van der Waals surface area contributed by atoms with Crippen LogP contribution in [0.3, 0.4) is 0 Å². The number of hydrogen-bond donors (Lipinski definition) is 2. The molecule has 8 heteroatoms. The number of aromatic nitrogens is 2. The van der Waals surface area contributed by atoms with Crippen molar-refractivity contribution in [3.05, 3.63) is 32.6 Å². The molecule has 3 fully saturated rings. The molecule has 0 bridgehead atoms. The van der Waals surface area contributed by atoms with Gasteiger partial charge >= 0.3 is 5.69 Å². The lowest BCUT2D eigenvalue weighted by atomic mass is 9.73. The zero-order valence-electron chi connectivity index (χ0n) is 14.8. The van der Waals surface area contributed by atoms with Crippen molar-refractivity contribution in [2.45, 2.75) is 38.5 Å². The van der Waals surface area contributed by atoms with Gasteiger partial charge < -0.3 is 14.8 Å². The SMILES string of the molecule is O=C1CCC2(CCCN(C(=O)c3c[nH]c(=O)[nH]c3=O)C2)CN1CC1CC1. The average Bonchev–Trinajstić information content (AvgIpc) is 3.42. The molecule has 1 aromatic heterocycles. The van der Waals surface area contributed by atoms with E-state index in [-0.39, 0.29) is 22.8 Å². The minimum Gasteiger partial charge on any atom is -0.342 e. The van der Waals surface area contributed by atoms with E-state index in [1.807, 2.05) is 4.90 Å². The minimum atomic E-state index is -0.660. The Morgan fingerprint density at radius 3 is 2.73 bits per heavy atom. The van der Waals surface area contributed by atoms with Gasteiger partial charge in [0, 0.05) is 44.2 Å². The summed E-state index contributed by atoms with van der Waals surface area (Å²) in [6.07, 6.45) is 6.78. The fourth-order valence-electron chi connectivity index (χ4n) is 4.33. The summed E-state index contributed by atoms with van der Waals surface area (Å²) in [7, 11) is 0. The molecule has 4 rings (SSSR count). The summed E-state index contributed by atoms with van der Waals surface area (Å²) >= 11 is 0. The predicted octanol–water partition coefficient (Wildman–Crippen LogP) is 0.318. The van der Waals surface area contributed by atoms with Crippen molar-refractivity contribution < 1.29 is 9.59 Å². The molecule has 2 amide bonds. The molecule has 3 aliphatic rings. The van der Waals surface area contributed by atoms with E-state index in [9.17, 15) is 19.2 Å². The molecule has 140 valence electrons. The van der Waals surface area contributed by atoms with Crippen LogP contribution in [0.5, 0.6) is 0 Å². The van der Waals surface area contributed by atoms with Crippen LogP contribution in [0.25, 0.3) is 0 Å². The molecule has 3 heterocycles. The van der Waals surface area contributed by atoms with E-state index in [0.29, 0.717) is 32.0 Å². The summed E-state index contributed by atoms with van der Waals surface area (Å²) in [4.78, 5) is 56.3. The largest absolute Gasteiger partial charge is 0.342 e. The van der Waals surface area contributed by atoms with E-state index >= 15 is 0 Å². The number of nitrogens with zero attached hydrogens (tertiary/aromatic N) is 2. The first-order chi connectivity index (χ1) is 12.5. The number of amides is 2. The van der Waals surface area contributed by atoms with E-state index in [2.05, 4.69) is 9.97 Å². The average molecular weight is 360 g/mol. The molecule has 1 aromatic rings. The van der Waals surface area contributed by atoms with Gasteiger partial charge in [-0.1, -0.05) is 0 Å². The Morgan fingerprint density at radius 2 is 2.00 bits per heavy atom. The van der Waals surface area contributed by atoms with Gasteiger partial charge in [0.1, 0.15) is 5.56 Å². The standard InChI is InChI=1S/C18H24N4O4/c23-14-4-6-18(11-22(14)9-12-2-3-12)5-1-7-21(10-18)16(25)13-8-19-17(26)20-15(13)24/h8,12H,1-7,9-11H2,(H2,19,20,24,26). The lowest BCUT2D eigenvalue weighted by Gasteiger charge is -2.48. The highest BCUT2D eigenvalue weighted by Crippen LogP contribution is 2.40. The van der Waals surface area contributed by atoms with E-state index in [4.69, 9.17) is 0 Å². The van der Waals surface area contributed by atoms with Crippen LogP contribution >= 0.6 is 0 Å². The van der Waals surface area contributed by atoms with Crippen LogP contribution in [0.2, 0.25) is 0 Å². The van der Waals surface area contributed by atoms with Crippen molar-refractivity contribution in [2.75, 3.05) is 26.2 Å². The van der Waals surface area contributed by atoms with Crippen LogP contribution in [-0.4, -0.2) is 57.8 Å². The molecule has 1 atom stereocenters. The fraction of sp³-hybridized carbons (Fsp3) is 0.667. The smallest absolute Gasteiger partial charge is 0.325 e. The number of piperidine rings is 2. The van der Waals surface area contributed by atoms with Crippen LogP contribution in [-0.2, 0) is 4.79 Å². The summed E-state index contributed by atoms with van der Waals surface area (Å²) in [6.45, 7) is 2.69. The van der Waals surface area contributed by atoms with E-state index in [0.717, 1.165) is 25.8 Å². The van der Waals surface area contributed by atoms with Crippen molar-refractivity contribution in [1.29, 1.82) is 0 Å². The molecule has 2 saturated heterocycles. The van der Waals surface area contributed by atoms with Crippen molar-refractivity contribution in [2.24, 2.45) is 11.3 Å². The van der Waals surface area contributed by atoms with Gasteiger partial charge in [-0.2, -0.15) is 0 Å². The van der Waals surface area contributed by atoms with Gasteiger partial charge in [0.25, 0.3) is 11.5 Å². The zero-order chi connectivity index (χ0) is 18.3. The second-order valence-electron chi connectivity index (χ2n) is 8.03. The maximum atomic E-state index is 12.8. The third-order valence-corrected chi connectivity index (χ3v) is 5.92. The number of nitrogens with one attached hydrogen (secondary N) is 2. The fourth-order valence-corrected chi connectivity index (χ4v) is 4.33. The van der Waals surface area contributed by atoms with E-state index in [1.165, 1.54) is 19.0 Å². The number of H-pyrrole nitrogens is 2. The number of carbonyl (C=O) groups is 2. The molecule has 1 spiro atoms. The van der Waals surface area contributed by atoms with Gasteiger partial charge in [0.15, 0.2) is 0 Å². The summed E-state index contributed by atoms with van der Waals surface area (Å²) in [5.74, 6) is 0.519. The minimum absolute atomic E-state index is 0.0385. The maximum Gasteiger partial charge on any atom is 0.325 e. The second-order valence-corrected chi connectivity index (χ2v) is 8.03. The molecule has 0 radical (unpaired) electrons. The Hall–Kier alpha value is -2.38. The molecule has 2 N–H and O–H groups in total. The Morgan fingerprint density at radius 1 is 1.19 bits per heavy atom. The molecule has 1 aliphatic carbocycles. The summed E-state index contributed by atoms with van der Waals surface area (Å²) in [6, 6.07) is 0. The van der Waals surface area contributed by atoms with Gasteiger partial charge in [-0.3, -0.25) is 19.4 Å². The number of aromatic amines is 2. The summed E-state index contributed by atoms with van der Waals surface area (Å²) in [5, 5.41) is 0. The molecule has 1 saturated carbocycles. The quantitative estimate of drug-likeness (QED) is 0.809. The highest BCUT2D eigenvalue weighted by molar-refractivity contribution is 5.93. The number of rotatable bonds is 3. The Bertz CT molecular complexity index is 840. The molecular formula is C18H24N4O4. The van der Waals surface area contributed by atoms with Crippen LogP contribution in [0.15, 0.2) is 15.8 Å². The monoisotopic (exact) mass is 360 g/mol. The van der Waals surface area contributed by atoms with Gasteiger partial charge in [-0.05, 0) is 38.0 Å². The number of hydrogen-bond acceptors (Lipinski definition) is 4. The van der Waals surface area contributed by atoms with Crippen LogP contribution in [0.1, 0.15) is 48.9 Å². The van der Waals surface area contributed by atoms with Crippen LogP contribution in [0.4, 0.5) is 0 Å². The number of likely N-dealkylation sites (tertiary alicyclic amines) is 2. The van der Waals surface area contributed by atoms with E-state index < -0.39 is 11.2 Å². The third-order valence-electron chi connectivity index (χ3n) is 5.92. The second kappa shape index (κ2) is 6.41. The van der Waals surface area contributed by atoms with Crippen molar-refractivity contribution in [3.63, 3.8) is 0 Å². The topological polar surface area (TPSA) is 106 Å². The lowest BCUT2D eigenvalue weighted by Crippen LogP contribution is -2.55. The molecule has 1 unspecified atom stereocenters. The van der Waals surface area contributed by atoms with Gasteiger partial charge in [0.2, 0.25) is 5.91 Å². The van der Waals surface area contributed by atoms with Crippen molar-refractivity contribution >= 4 is 11.8 Å². The first-order valence-electron chi connectivity index (χ1n) is 9.35. The molecule has 26 heavy (non-hydrogen) atoms. The Balaban J connectivity index is 1.51. The van der Waals surface area contributed by atoms with Gasteiger partial charge in [-0.15, -0.1) is 0 Å². The van der Waals surface area contributed by atoms with Gasteiger partial charge in [-0.25, -0.2) is 4.79 Å². The first kappa shape index (κ1) is 17.1. The Kier molecular flexibility index (Phi) is 4.20. The van der Waals surface area contributed by atoms with Crippen molar-refractivity contribution in [1.82, 2.24) is 19.8 Å². The normalized spacial score (nSPS) is 26.4. The lowest BCUT2D eigenvalue weighted by molar-refractivity contribution is -0.139. The first-order valence-corrected chi connectivity index (χ1v) is 9.35. The highest BCUT2D eigenvalue weighted by atomic mass is 16.2. The van der Waals surface area contributed by atoms with Crippen molar-refractivity contribution in [3.8, 4) is 0 Å². The molecule has 8 nitrogen and oxygen atoms in total. The van der Waals surface area contributed by atoms with Crippen LogP contribution in [0, 0.1) is 11.3 Å². The predicted molar refractivity (Wildman–Crippen MR) is 93.8 cm³/mol. The highest BCUT2D eigenvalue weighted by Gasteiger charge is 2.44. The summed E-state index contributed by atoms with van der Waals surface area (Å²) < 4.78 is 0. The zero-order valence-corrected chi connectivity index (χ0v) is 14.8. The van der Waals surface area contributed by atoms with Crippen LogP contribution < -0.4 is 11.2 Å².